The summed E-state index contributed by atoms with van der Waals surface area (Å²) in [5, 5.41) is 27.8. The summed E-state index contributed by atoms with van der Waals surface area (Å²) in [4.78, 5) is 45.3. The highest BCUT2D eigenvalue weighted by molar-refractivity contribution is 5.82. The summed E-state index contributed by atoms with van der Waals surface area (Å²) < 4.78 is 6.78. The molecule has 146 valence electrons. The number of nitrogens with one attached hydrogen (secondary N) is 4. The van der Waals surface area contributed by atoms with Crippen LogP contribution in [0.5, 0.6) is 0 Å². The molecule has 1 fully saturated rings. The molecule has 0 radical (unpaired) electrons. The molecule has 6 N–H and O–H groups in total. The molecule has 27 heavy (non-hydrogen) atoms. The molecule has 3 rings (SSSR count). The van der Waals surface area contributed by atoms with Gasteiger partial charge in [-0.1, -0.05) is 0 Å². The fourth-order valence-corrected chi connectivity index (χ4v) is 2.71. The van der Waals surface area contributed by atoms with Crippen molar-refractivity contribution in [3.8, 4) is 0 Å². The number of carbonyl (C=O) groups excluding carboxylic acids is 2. The van der Waals surface area contributed by atoms with Crippen LogP contribution in [0.15, 0.2) is 17.4 Å². The minimum absolute atomic E-state index is 0.0379. The minimum Gasteiger partial charge on any atom is -0.387 e. The van der Waals surface area contributed by atoms with Crippen LogP contribution in [-0.2, 0) is 9.53 Å². The molecule has 1 saturated heterocycles. The van der Waals surface area contributed by atoms with Gasteiger partial charge < -0.3 is 35.9 Å². The first-order valence-corrected chi connectivity index (χ1v) is 8.09. The number of aromatic nitrogens is 4. The molecule has 2 aromatic heterocycles. The molecule has 3 heterocycles. The van der Waals surface area contributed by atoms with Crippen molar-refractivity contribution in [2.75, 3.05) is 20.1 Å². The maximum absolute atomic E-state index is 12.2. The number of rotatable bonds is 5. The molecule has 0 aliphatic carbocycles. The van der Waals surface area contributed by atoms with Crippen molar-refractivity contribution in [1.29, 1.82) is 0 Å². The van der Waals surface area contributed by atoms with Gasteiger partial charge in [0.25, 0.3) is 11.5 Å². The SMILES string of the molecule is CNC(=O)NCCNC(=O)C1OC(n2cnc3c(=O)[nH]cnc32)C(O)C1O. The van der Waals surface area contributed by atoms with Gasteiger partial charge in [-0.15, -0.1) is 0 Å². The number of ether oxygens (including phenoxy) is 1. The van der Waals surface area contributed by atoms with E-state index in [4.69, 9.17) is 4.74 Å². The van der Waals surface area contributed by atoms with Crippen LogP contribution in [0.2, 0.25) is 0 Å². The number of amides is 3. The van der Waals surface area contributed by atoms with Crippen LogP contribution in [-0.4, -0.2) is 80.1 Å². The molecule has 13 nitrogen and oxygen atoms in total. The fraction of sp³-hybridized carbons (Fsp3) is 0.500. The first-order valence-electron chi connectivity index (χ1n) is 8.09. The number of H-pyrrole nitrogens is 1. The molecule has 1 aliphatic heterocycles. The topological polar surface area (TPSA) is 183 Å². The summed E-state index contributed by atoms with van der Waals surface area (Å²) in [6.07, 6.45) is -3.03. The highest BCUT2D eigenvalue weighted by atomic mass is 16.6. The van der Waals surface area contributed by atoms with Crippen LogP contribution in [0, 0.1) is 0 Å². The van der Waals surface area contributed by atoms with Crippen molar-refractivity contribution >= 4 is 23.1 Å². The molecule has 0 saturated carbocycles. The van der Waals surface area contributed by atoms with Gasteiger partial charge >= 0.3 is 6.03 Å². The molecule has 2 aromatic rings. The number of aromatic amines is 1. The third-order valence-electron chi connectivity index (χ3n) is 4.07. The number of imidazole rings is 1. The summed E-state index contributed by atoms with van der Waals surface area (Å²) in [6.45, 7) is 0.267. The average Bonchev–Trinajstić information content (AvgIpc) is 3.21. The van der Waals surface area contributed by atoms with E-state index in [9.17, 15) is 24.6 Å². The Morgan fingerprint density at radius 3 is 2.74 bits per heavy atom. The number of aliphatic hydroxyl groups is 2. The highest BCUT2D eigenvalue weighted by Gasteiger charge is 2.47. The van der Waals surface area contributed by atoms with Crippen LogP contribution in [0.1, 0.15) is 6.23 Å². The average molecular weight is 381 g/mol. The molecular formula is C14H19N7O6. The Kier molecular flexibility index (Phi) is 5.34. The lowest BCUT2D eigenvalue weighted by atomic mass is 10.1. The monoisotopic (exact) mass is 381 g/mol. The molecule has 4 unspecified atom stereocenters. The maximum Gasteiger partial charge on any atom is 0.314 e. The Hall–Kier alpha value is -3.03. The van der Waals surface area contributed by atoms with Gasteiger partial charge in [0.1, 0.15) is 12.2 Å². The van der Waals surface area contributed by atoms with E-state index in [1.165, 1.54) is 24.3 Å². The van der Waals surface area contributed by atoms with Gasteiger partial charge in [0.05, 0.1) is 12.7 Å². The lowest BCUT2D eigenvalue weighted by Gasteiger charge is -2.16. The number of hydrogen-bond donors (Lipinski definition) is 6. The van der Waals surface area contributed by atoms with Gasteiger partial charge in [0.15, 0.2) is 23.5 Å². The third kappa shape index (κ3) is 3.60. The zero-order chi connectivity index (χ0) is 19.6. The van der Waals surface area contributed by atoms with Crippen molar-refractivity contribution < 1.29 is 24.5 Å². The molecule has 0 spiro atoms. The quantitative estimate of drug-likeness (QED) is 0.292. The Bertz CT molecular complexity index is 895. The van der Waals surface area contributed by atoms with Crippen LogP contribution in [0.4, 0.5) is 4.79 Å². The van der Waals surface area contributed by atoms with Gasteiger partial charge in [0, 0.05) is 20.1 Å². The van der Waals surface area contributed by atoms with Crippen molar-refractivity contribution in [2.24, 2.45) is 0 Å². The Morgan fingerprint density at radius 2 is 2.00 bits per heavy atom. The van der Waals surface area contributed by atoms with E-state index in [-0.39, 0.29) is 24.3 Å². The fourth-order valence-electron chi connectivity index (χ4n) is 2.71. The van der Waals surface area contributed by atoms with Crippen LogP contribution in [0.3, 0.4) is 0 Å². The first kappa shape index (κ1) is 18.8. The molecule has 3 amide bonds. The lowest BCUT2D eigenvalue weighted by Crippen LogP contribution is -2.45. The summed E-state index contributed by atoms with van der Waals surface area (Å²) >= 11 is 0. The van der Waals surface area contributed by atoms with Gasteiger partial charge in [-0.3, -0.25) is 14.2 Å². The number of aliphatic hydroxyl groups excluding tert-OH is 2. The summed E-state index contributed by atoms with van der Waals surface area (Å²) in [5.41, 5.74) is -0.286. The highest BCUT2D eigenvalue weighted by Crippen LogP contribution is 2.30. The lowest BCUT2D eigenvalue weighted by molar-refractivity contribution is -0.137. The van der Waals surface area contributed by atoms with E-state index in [2.05, 4.69) is 30.9 Å². The second-order valence-electron chi connectivity index (χ2n) is 5.78. The first-order chi connectivity index (χ1) is 12.9. The van der Waals surface area contributed by atoms with Crippen LogP contribution >= 0.6 is 0 Å². The standard InChI is InChI=1S/C14H19N7O6/c1-15-14(26)17-3-2-16-12(25)9-7(22)8(23)13(27-9)21-5-20-6-10(21)18-4-19-11(6)24/h4-5,7-9,13,22-23H,2-3H2,1H3,(H,16,25)(H2,15,17,26)(H,18,19,24). The molecule has 1 aliphatic rings. The predicted molar refractivity (Wildman–Crippen MR) is 89.5 cm³/mol. The van der Waals surface area contributed by atoms with E-state index in [0.717, 1.165) is 0 Å². The number of fused-ring (bicyclic) bond motifs is 1. The van der Waals surface area contributed by atoms with Crippen molar-refractivity contribution in [3.05, 3.63) is 23.0 Å². The summed E-state index contributed by atoms with van der Waals surface area (Å²) in [6, 6.07) is -0.397. The second kappa shape index (κ2) is 7.69. The van der Waals surface area contributed by atoms with Gasteiger partial charge in [-0.25, -0.2) is 14.8 Å². The third-order valence-corrected chi connectivity index (χ3v) is 4.07. The van der Waals surface area contributed by atoms with E-state index in [1.54, 1.807) is 0 Å². The van der Waals surface area contributed by atoms with Crippen LogP contribution in [0.25, 0.3) is 11.2 Å². The number of carbonyl (C=O) groups is 2. The second-order valence-corrected chi connectivity index (χ2v) is 5.78. The van der Waals surface area contributed by atoms with E-state index in [1.807, 2.05) is 0 Å². The largest absolute Gasteiger partial charge is 0.387 e. The number of nitrogens with zero attached hydrogens (tertiary/aromatic N) is 3. The molecule has 0 bridgehead atoms. The van der Waals surface area contributed by atoms with Gasteiger partial charge in [-0.05, 0) is 0 Å². The molecule has 4 atom stereocenters. The Labute approximate surface area is 151 Å². The number of hydrogen-bond acceptors (Lipinski definition) is 8. The zero-order valence-electron chi connectivity index (χ0n) is 14.2. The zero-order valence-corrected chi connectivity index (χ0v) is 14.2. The molecule has 0 aromatic carbocycles. The normalized spacial score (nSPS) is 24.7. The van der Waals surface area contributed by atoms with Crippen molar-refractivity contribution in [3.63, 3.8) is 0 Å². The Morgan fingerprint density at radius 1 is 1.26 bits per heavy atom. The van der Waals surface area contributed by atoms with Crippen LogP contribution < -0.4 is 21.5 Å². The maximum atomic E-state index is 12.2. The summed E-state index contributed by atoms with van der Waals surface area (Å²) in [7, 11) is 1.46. The smallest absolute Gasteiger partial charge is 0.314 e. The van der Waals surface area contributed by atoms with Gasteiger partial charge in [0.2, 0.25) is 0 Å². The Balaban J connectivity index is 1.68. The van der Waals surface area contributed by atoms with Gasteiger partial charge in [-0.2, -0.15) is 0 Å². The van der Waals surface area contributed by atoms with Crippen molar-refractivity contribution in [1.82, 2.24) is 35.5 Å². The van der Waals surface area contributed by atoms with E-state index < -0.39 is 42.0 Å². The summed E-state index contributed by atoms with van der Waals surface area (Å²) in [5.74, 6) is -0.655. The van der Waals surface area contributed by atoms with E-state index >= 15 is 0 Å². The minimum atomic E-state index is -1.50. The molecule has 13 heteroatoms. The number of urea groups is 1. The molecular weight excluding hydrogens is 362 g/mol. The van der Waals surface area contributed by atoms with Crippen molar-refractivity contribution in [2.45, 2.75) is 24.5 Å². The predicted octanol–water partition coefficient (Wildman–Crippen LogP) is -3.22. The van der Waals surface area contributed by atoms with E-state index in [0.29, 0.717) is 0 Å².